The van der Waals surface area contributed by atoms with Gasteiger partial charge in [0.1, 0.15) is 0 Å². The molecule has 2 aromatic heterocycles. The Balaban J connectivity index is 1.76. The van der Waals surface area contributed by atoms with Gasteiger partial charge in [0, 0.05) is 18.0 Å². The number of amides is 2. The molecule has 10 nitrogen and oxygen atoms in total. The van der Waals surface area contributed by atoms with Crippen LogP contribution in [0.3, 0.4) is 0 Å². The molecule has 2 amide bonds. The molecule has 3 N–H and O–H groups in total. The minimum Gasteiger partial charge on any atom is -0.450 e. The van der Waals surface area contributed by atoms with Crippen molar-refractivity contribution < 1.29 is 19.1 Å². The van der Waals surface area contributed by atoms with Crippen LogP contribution in [0.25, 0.3) is 22.2 Å². The lowest BCUT2D eigenvalue weighted by Crippen LogP contribution is -2.15. The van der Waals surface area contributed by atoms with Crippen LogP contribution >= 0.6 is 0 Å². The monoisotopic (exact) mass is 370 g/mol. The zero-order chi connectivity index (χ0) is 19.2. The van der Waals surface area contributed by atoms with Crippen LogP contribution in [0.1, 0.15) is 13.8 Å². The first-order valence-electron chi connectivity index (χ1n) is 8.28. The standard InChI is InChI=1S/C17H18N6O4/c1-3-26-16(24)22-14-18-8-11(9-19-14)10-5-6-12-13(7-10)21-15(20-12)23-17(25)27-4-2/h5-9H,3-4H2,1-2H3,(H,18,19,22,24)(H2,20,21,23,25). The summed E-state index contributed by atoms with van der Waals surface area (Å²) in [6.07, 6.45) is 1.99. The number of fused-ring (bicyclic) bond motifs is 1. The Morgan fingerprint density at radius 1 is 1.00 bits per heavy atom. The first-order valence-corrected chi connectivity index (χ1v) is 8.28. The van der Waals surface area contributed by atoms with E-state index in [1.807, 2.05) is 18.2 Å². The summed E-state index contributed by atoms with van der Waals surface area (Å²) in [7, 11) is 0. The van der Waals surface area contributed by atoms with Crippen LogP contribution in [0.4, 0.5) is 21.5 Å². The number of nitrogens with one attached hydrogen (secondary N) is 3. The number of ether oxygens (including phenoxy) is 2. The van der Waals surface area contributed by atoms with E-state index < -0.39 is 12.2 Å². The maximum atomic E-state index is 11.5. The highest BCUT2D eigenvalue weighted by atomic mass is 16.6. The number of carbonyl (C=O) groups excluding carboxylic acids is 2. The molecule has 0 fully saturated rings. The molecule has 3 rings (SSSR count). The number of anilines is 2. The number of aromatic amines is 1. The lowest BCUT2D eigenvalue weighted by molar-refractivity contribution is 0.166. The number of carbonyl (C=O) groups is 2. The Morgan fingerprint density at radius 2 is 1.67 bits per heavy atom. The van der Waals surface area contributed by atoms with Crippen molar-refractivity contribution in [2.45, 2.75) is 13.8 Å². The third-order valence-corrected chi connectivity index (χ3v) is 3.45. The van der Waals surface area contributed by atoms with E-state index >= 15 is 0 Å². The summed E-state index contributed by atoms with van der Waals surface area (Å²) in [6.45, 7) is 3.97. The maximum Gasteiger partial charge on any atom is 0.414 e. The molecule has 1 aromatic carbocycles. The Morgan fingerprint density at radius 3 is 2.33 bits per heavy atom. The highest BCUT2D eigenvalue weighted by Gasteiger charge is 2.09. The normalized spacial score (nSPS) is 10.4. The van der Waals surface area contributed by atoms with E-state index in [-0.39, 0.29) is 19.2 Å². The summed E-state index contributed by atoms with van der Waals surface area (Å²) in [5.41, 5.74) is 3.01. The zero-order valence-corrected chi connectivity index (χ0v) is 14.8. The molecule has 0 unspecified atom stereocenters. The van der Waals surface area contributed by atoms with Crippen molar-refractivity contribution in [1.29, 1.82) is 0 Å². The average Bonchev–Trinajstić information content (AvgIpc) is 3.04. The van der Waals surface area contributed by atoms with E-state index in [0.717, 1.165) is 16.6 Å². The van der Waals surface area contributed by atoms with Crippen molar-refractivity contribution in [3.8, 4) is 11.1 Å². The molecule has 2 heterocycles. The molecule has 0 saturated carbocycles. The van der Waals surface area contributed by atoms with Crippen LogP contribution in [0, 0.1) is 0 Å². The molecular weight excluding hydrogens is 352 g/mol. The predicted octanol–water partition coefficient (Wildman–Crippen LogP) is 3.16. The number of rotatable bonds is 5. The van der Waals surface area contributed by atoms with E-state index in [1.54, 1.807) is 26.2 Å². The van der Waals surface area contributed by atoms with Crippen molar-refractivity contribution in [3.63, 3.8) is 0 Å². The Kier molecular flexibility index (Phi) is 5.45. The van der Waals surface area contributed by atoms with Gasteiger partial charge in [0.25, 0.3) is 0 Å². The number of imidazole rings is 1. The summed E-state index contributed by atoms with van der Waals surface area (Å²) < 4.78 is 9.60. The van der Waals surface area contributed by atoms with Crippen LogP contribution < -0.4 is 10.6 Å². The summed E-state index contributed by atoms with van der Waals surface area (Å²) in [5.74, 6) is 0.451. The molecule has 10 heteroatoms. The highest BCUT2D eigenvalue weighted by Crippen LogP contribution is 2.23. The quantitative estimate of drug-likeness (QED) is 0.628. The Labute approximate surface area is 154 Å². The maximum absolute atomic E-state index is 11.5. The summed E-state index contributed by atoms with van der Waals surface area (Å²) in [5, 5.41) is 4.95. The fourth-order valence-electron chi connectivity index (χ4n) is 2.31. The van der Waals surface area contributed by atoms with Crippen molar-refractivity contribution in [1.82, 2.24) is 19.9 Å². The highest BCUT2D eigenvalue weighted by molar-refractivity contribution is 5.88. The zero-order valence-electron chi connectivity index (χ0n) is 14.8. The third-order valence-electron chi connectivity index (χ3n) is 3.45. The van der Waals surface area contributed by atoms with E-state index in [4.69, 9.17) is 9.47 Å². The fraction of sp³-hybridized carbons (Fsp3) is 0.235. The van der Waals surface area contributed by atoms with Gasteiger partial charge in [-0.2, -0.15) is 0 Å². The van der Waals surface area contributed by atoms with Crippen molar-refractivity contribution in [2.75, 3.05) is 23.8 Å². The van der Waals surface area contributed by atoms with Crippen LogP contribution in [0.15, 0.2) is 30.6 Å². The van der Waals surface area contributed by atoms with E-state index in [0.29, 0.717) is 11.5 Å². The second-order valence-corrected chi connectivity index (χ2v) is 5.30. The molecular formula is C17H18N6O4. The molecule has 0 atom stereocenters. The van der Waals surface area contributed by atoms with Gasteiger partial charge in [0.15, 0.2) is 0 Å². The number of nitrogens with zero attached hydrogens (tertiary/aromatic N) is 3. The van der Waals surface area contributed by atoms with Crippen molar-refractivity contribution in [3.05, 3.63) is 30.6 Å². The molecule has 0 aliphatic heterocycles. The van der Waals surface area contributed by atoms with Gasteiger partial charge in [-0.15, -0.1) is 0 Å². The fourth-order valence-corrected chi connectivity index (χ4v) is 2.31. The average molecular weight is 370 g/mol. The van der Waals surface area contributed by atoms with Gasteiger partial charge in [-0.05, 0) is 31.5 Å². The second kappa shape index (κ2) is 8.13. The van der Waals surface area contributed by atoms with Gasteiger partial charge in [0.05, 0.1) is 24.2 Å². The van der Waals surface area contributed by atoms with Crippen molar-refractivity contribution in [2.24, 2.45) is 0 Å². The Hall–Kier alpha value is -3.69. The smallest absolute Gasteiger partial charge is 0.414 e. The number of H-pyrrole nitrogens is 1. The predicted molar refractivity (Wildman–Crippen MR) is 98.4 cm³/mol. The number of hydrogen-bond acceptors (Lipinski definition) is 7. The molecule has 27 heavy (non-hydrogen) atoms. The molecule has 0 bridgehead atoms. The van der Waals surface area contributed by atoms with E-state index in [9.17, 15) is 9.59 Å². The number of aromatic nitrogens is 4. The molecule has 140 valence electrons. The summed E-state index contributed by atoms with van der Waals surface area (Å²) >= 11 is 0. The topological polar surface area (TPSA) is 131 Å². The van der Waals surface area contributed by atoms with Gasteiger partial charge >= 0.3 is 12.2 Å². The van der Waals surface area contributed by atoms with Gasteiger partial charge in [-0.3, -0.25) is 10.6 Å². The summed E-state index contributed by atoms with van der Waals surface area (Å²) in [4.78, 5) is 38.3. The van der Waals surface area contributed by atoms with Crippen LogP contribution in [-0.4, -0.2) is 45.3 Å². The third kappa shape index (κ3) is 4.48. The molecule has 0 spiro atoms. The Bertz CT molecular complexity index is 954. The van der Waals surface area contributed by atoms with E-state index in [2.05, 4.69) is 30.6 Å². The van der Waals surface area contributed by atoms with Gasteiger partial charge in [-0.25, -0.2) is 24.5 Å². The second-order valence-electron chi connectivity index (χ2n) is 5.30. The molecule has 3 aromatic rings. The summed E-state index contributed by atoms with van der Waals surface area (Å²) in [6, 6.07) is 5.52. The lowest BCUT2D eigenvalue weighted by atomic mass is 10.1. The van der Waals surface area contributed by atoms with Gasteiger partial charge < -0.3 is 14.5 Å². The van der Waals surface area contributed by atoms with Crippen LogP contribution in [0.5, 0.6) is 0 Å². The molecule has 0 radical (unpaired) electrons. The van der Waals surface area contributed by atoms with Crippen LogP contribution in [0.2, 0.25) is 0 Å². The SMILES string of the molecule is CCOC(=O)Nc1ncc(-c2ccc3nc(NC(=O)OCC)[nH]c3c2)cn1. The minimum atomic E-state index is -0.606. The first-order chi connectivity index (χ1) is 13.1. The van der Waals surface area contributed by atoms with E-state index in [1.165, 1.54) is 0 Å². The van der Waals surface area contributed by atoms with Gasteiger partial charge in [-0.1, -0.05) is 6.07 Å². The van der Waals surface area contributed by atoms with Gasteiger partial charge in [0.2, 0.25) is 11.9 Å². The van der Waals surface area contributed by atoms with Crippen LogP contribution in [-0.2, 0) is 9.47 Å². The number of benzene rings is 1. The lowest BCUT2D eigenvalue weighted by Gasteiger charge is -2.05. The number of hydrogen-bond donors (Lipinski definition) is 3. The molecule has 0 aliphatic carbocycles. The minimum absolute atomic E-state index is 0.153. The largest absolute Gasteiger partial charge is 0.450 e. The molecule has 0 aliphatic rings. The van der Waals surface area contributed by atoms with Crippen molar-refractivity contribution >= 4 is 35.1 Å². The molecule has 0 saturated heterocycles. The first kappa shape index (κ1) is 18.1.